The van der Waals surface area contributed by atoms with Gasteiger partial charge in [-0.15, -0.1) is 0 Å². The molecule has 1 aromatic rings. The van der Waals surface area contributed by atoms with Crippen LogP contribution in [0.1, 0.15) is 31.0 Å². The van der Waals surface area contributed by atoms with Gasteiger partial charge in [-0.2, -0.15) is 5.10 Å². The van der Waals surface area contributed by atoms with E-state index in [1.807, 2.05) is 24.9 Å². The average Bonchev–Trinajstić information content (AvgIpc) is 2.78. The fourth-order valence-electron chi connectivity index (χ4n) is 2.81. The number of carboxylic acid groups (broad SMARTS) is 1. The number of hydrogen-bond donors (Lipinski definition) is 1. The Hall–Kier alpha value is -1.85. The maximum absolute atomic E-state index is 12.5. The molecular formula is C14H21N3O3. The number of aryl methyl sites for hydroxylation is 2. The molecule has 0 aliphatic heterocycles. The normalized spacial score (nSPS) is 17.6. The van der Waals surface area contributed by atoms with Crippen molar-refractivity contribution in [2.75, 3.05) is 13.1 Å². The van der Waals surface area contributed by atoms with Gasteiger partial charge in [-0.1, -0.05) is 6.92 Å². The van der Waals surface area contributed by atoms with Gasteiger partial charge in [0.25, 0.3) is 0 Å². The first-order chi connectivity index (χ1) is 9.52. The predicted molar refractivity (Wildman–Crippen MR) is 73.2 cm³/mol. The van der Waals surface area contributed by atoms with Crippen LogP contribution < -0.4 is 0 Å². The van der Waals surface area contributed by atoms with Gasteiger partial charge in [-0.25, -0.2) is 0 Å². The second-order valence-corrected chi connectivity index (χ2v) is 5.33. The molecule has 1 aliphatic carbocycles. The fraction of sp³-hybridized carbons (Fsp3) is 0.643. The number of carboxylic acids is 1. The van der Waals surface area contributed by atoms with Crippen molar-refractivity contribution < 1.29 is 14.7 Å². The minimum absolute atomic E-state index is 0.0406. The highest BCUT2D eigenvalue weighted by Crippen LogP contribution is 2.26. The van der Waals surface area contributed by atoms with E-state index < -0.39 is 5.97 Å². The summed E-state index contributed by atoms with van der Waals surface area (Å²) >= 11 is 0. The first-order valence-corrected chi connectivity index (χ1v) is 7.03. The Morgan fingerprint density at radius 2 is 2.30 bits per heavy atom. The molecule has 1 unspecified atom stereocenters. The predicted octanol–water partition coefficient (Wildman–Crippen LogP) is 0.848. The molecule has 1 heterocycles. The van der Waals surface area contributed by atoms with Crippen molar-refractivity contribution in [3.8, 4) is 0 Å². The Balaban J connectivity index is 2.09. The molecule has 20 heavy (non-hydrogen) atoms. The van der Waals surface area contributed by atoms with Crippen LogP contribution in [0.4, 0.5) is 0 Å². The fourth-order valence-corrected chi connectivity index (χ4v) is 2.81. The maximum Gasteiger partial charge on any atom is 0.323 e. The van der Waals surface area contributed by atoms with E-state index in [4.69, 9.17) is 5.11 Å². The summed E-state index contributed by atoms with van der Waals surface area (Å²) in [6.07, 6.45) is 4.90. The van der Waals surface area contributed by atoms with Crippen LogP contribution in [-0.4, -0.2) is 44.8 Å². The smallest absolute Gasteiger partial charge is 0.323 e. The minimum Gasteiger partial charge on any atom is -0.480 e. The van der Waals surface area contributed by atoms with E-state index in [0.717, 1.165) is 25.0 Å². The van der Waals surface area contributed by atoms with Crippen LogP contribution >= 0.6 is 0 Å². The Morgan fingerprint density at radius 3 is 2.95 bits per heavy atom. The SMILES string of the molecule is CCCN(CC(=O)O)C(=O)C1CCc2cnn(C)c2C1. The second-order valence-electron chi connectivity index (χ2n) is 5.33. The highest BCUT2D eigenvalue weighted by molar-refractivity contribution is 5.83. The van der Waals surface area contributed by atoms with Crippen molar-refractivity contribution in [2.24, 2.45) is 13.0 Å². The molecule has 1 atom stereocenters. The van der Waals surface area contributed by atoms with Gasteiger partial charge in [-0.05, 0) is 24.8 Å². The van der Waals surface area contributed by atoms with Crippen LogP contribution in [0.3, 0.4) is 0 Å². The molecule has 0 radical (unpaired) electrons. The van der Waals surface area contributed by atoms with Crippen LogP contribution in [0, 0.1) is 5.92 Å². The van der Waals surface area contributed by atoms with E-state index in [1.54, 1.807) is 0 Å². The quantitative estimate of drug-likeness (QED) is 0.867. The molecule has 0 fully saturated rings. The number of hydrogen-bond acceptors (Lipinski definition) is 3. The van der Waals surface area contributed by atoms with Gasteiger partial charge < -0.3 is 10.0 Å². The van der Waals surface area contributed by atoms with Crippen LogP contribution in [0.5, 0.6) is 0 Å². The maximum atomic E-state index is 12.5. The Bertz CT molecular complexity index is 510. The molecule has 1 aromatic heterocycles. The van der Waals surface area contributed by atoms with E-state index in [9.17, 15) is 9.59 Å². The third-order valence-electron chi connectivity index (χ3n) is 3.83. The highest BCUT2D eigenvalue weighted by atomic mass is 16.4. The average molecular weight is 279 g/mol. The zero-order chi connectivity index (χ0) is 14.7. The third-order valence-corrected chi connectivity index (χ3v) is 3.83. The number of amides is 1. The van der Waals surface area contributed by atoms with Crippen molar-refractivity contribution in [1.29, 1.82) is 0 Å². The van der Waals surface area contributed by atoms with E-state index in [-0.39, 0.29) is 18.4 Å². The molecule has 1 N–H and O–H groups in total. The molecule has 6 nitrogen and oxygen atoms in total. The lowest BCUT2D eigenvalue weighted by Crippen LogP contribution is -2.41. The van der Waals surface area contributed by atoms with Gasteiger partial charge in [0.15, 0.2) is 0 Å². The number of aromatic nitrogens is 2. The molecule has 2 rings (SSSR count). The van der Waals surface area contributed by atoms with Crippen molar-refractivity contribution in [3.05, 3.63) is 17.5 Å². The Kier molecular flexibility index (Phi) is 4.42. The molecule has 6 heteroatoms. The van der Waals surface area contributed by atoms with Crippen LogP contribution in [0.25, 0.3) is 0 Å². The van der Waals surface area contributed by atoms with Crippen LogP contribution in [-0.2, 0) is 29.5 Å². The van der Waals surface area contributed by atoms with Crippen molar-refractivity contribution in [3.63, 3.8) is 0 Å². The minimum atomic E-state index is -0.955. The summed E-state index contributed by atoms with van der Waals surface area (Å²) in [5.41, 5.74) is 2.30. The van der Waals surface area contributed by atoms with Gasteiger partial charge in [0.2, 0.25) is 5.91 Å². The van der Waals surface area contributed by atoms with Gasteiger partial charge in [0, 0.05) is 31.6 Å². The van der Waals surface area contributed by atoms with Gasteiger partial charge >= 0.3 is 5.97 Å². The topological polar surface area (TPSA) is 75.4 Å². The molecule has 0 saturated carbocycles. The van der Waals surface area contributed by atoms with Crippen molar-refractivity contribution in [2.45, 2.75) is 32.6 Å². The van der Waals surface area contributed by atoms with E-state index >= 15 is 0 Å². The zero-order valence-electron chi connectivity index (χ0n) is 12.0. The third kappa shape index (κ3) is 3.00. The summed E-state index contributed by atoms with van der Waals surface area (Å²) in [5.74, 6) is -1.12. The monoisotopic (exact) mass is 279 g/mol. The molecular weight excluding hydrogens is 258 g/mol. The summed E-state index contributed by atoms with van der Waals surface area (Å²) in [7, 11) is 1.88. The highest BCUT2D eigenvalue weighted by Gasteiger charge is 2.30. The Labute approximate surface area is 118 Å². The molecule has 0 spiro atoms. The molecule has 0 bridgehead atoms. The first kappa shape index (κ1) is 14.6. The van der Waals surface area contributed by atoms with Crippen LogP contribution in [0.2, 0.25) is 0 Å². The number of carbonyl (C=O) groups excluding carboxylic acids is 1. The number of rotatable bonds is 5. The first-order valence-electron chi connectivity index (χ1n) is 7.03. The Morgan fingerprint density at radius 1 is 1.55 bits per heavy atom. The molecule has 0 saturated heterocycles. The van der Waals surface area contributed by atoms with E-state index in [2.05, 4.69) is 5.10 Å². The second kappa shape index (κ2) is 6.07. The van der Waals surface area contributed by atoms with Gasteiger partial charge in [0.1, 0.15) is 6.54 Å². The summed E-state index contributed by atoms with van der Waals surface area (Å²) in [5, 5.41) is 13.1. The van der Waals surface area contributed by atoms with Crippen LogP contribution in [0.15, 0.2) is 6.20 Å². The lowest BCUT2D eigenvalue weighted by Gasteiger charge is -2.28. The number of fused-ring (bicyclic) bond motifs is 1. The van der Waals surface area contributed by atoms with Crippen molar-refractivity contribution in [1.82, 2.24) is 14.7 Å². The number of aliphatic carboxylic acids is 1. The van der Waals surface area contributed by atoms with Crippen molar-refractivity contribution >= 4 is 11.9 Å². The summed E-state index contributed by atoms with van der Waals surface area (Å²) < 4.78 is 1.82. The number of nitrogens with zero attached hydrogens (tertiary/aromatic N) is 3. The standard InChI is InChI=1S/C14H21N3O3/c1-3-6-17(9-13(18)19)14(20)10-4-5-11-8-15-16(2)12(11)7-10/h8,10H,3-7,9H2,1-2H3,(H,18,19). The molecule has 1 amide bonds. The molecule has 110 valence electrons. The largest absolute Gasteiger partial charge is 0.480 e. The summed E-state index contributed by atoms with van der Waals surface area (Å²) in [4.78, 5) is 24.8. The molecule has 1 aliphatic rings. The van der Waals surface area contributed by atoms with E-state index in [0.29, 0.717) is 13.0 Å². The lowest BCUT2D eigenvalue weighted by atomic mass is 9.87. The lowest BCUT2D eigenvalue weighted by molar-refractivity contribution is -0.146. The van der Waals surface area contributed by atoms with Gasteiger partial charge in [0.05, 0.1) is 6.20 Å². The number of carbonyl (C=O) groups is 2. The van der Waals surface area contributed by atoms with E-state index in [1.165, 1.54) is 10.5 Å². The summed E-state index contributed by atoms with van der Waals surface area (Å²) in [6.45, 7) is 2.24. The molecule has 0 aromatic carbocycles. The van der Waals surface area contributed by atoms with Gasteiger partial charge in [-0.3, -0.25) is 14.3 Å². The zero-order valence-corrected chi connectivity index (χ0v) is 12.0. The summed E-state index contributed by atoms with van der Waals surface area (Å²) in [6, 6.07) is 0.